The fourth-order valence-electron chi connectivity index (χ4n) is 6.00. The van der Waals surface area contributed by atoms with Gasteiger partial charge in [-0.25, -0.2) is 9.67 Å². The van der Waals surface area contributed by atoms with Crippen LogP contribution < -0.4 is 11.1 Å². The van der Waals surface area contributed by atoms with E-state index in [0.29, 0.717) is 48.2 Å². The van der Waals surface area contributed by atoms with Gasteiger partial charge in [-0.05, 0) is 63.6 Å². The fourth-order valence-corrected chi connectivity index (χ4v) is 6.76. The molecule has 0 spiro atoms. The second kappa shape index (κ2) is 13.5. The maximum absolute atomic E-state index is 15.5. The minimum absolute atomic E-state index is 0.00275. The minimum atomic E-state index is -1.21. The lowest BCUT2D eigenvalue weighted by atomic mass is 9.73. The van der Waals surface area contributed by atoms with E-state index < -0.39 is 25.8 Å². The maximum Gasteiger partial charge on any atom is 0.267 e. The number of halogens is 1. The number of nitrogens with zero attached hydrogens (tertiary/aromatic N) is 5. The molecule has 10 nitrogen and oxygen atoms in total. The first kappa shape index (κ1) is 32.5. The first-order valence-corrected chi connectivity index (χ1v) is 19.0. The summed E-state index contributed by atoms with van der Waals surface area (Å²) < 4.78 is 24.7. The van der Waals surface area contributed by atoms with E-state index >= 15 is 4.39 Å². The zero-order chi connectivity index (χ0) is 31.5. The molecule has 1 aliphatic rings. The zero-order valence-corrected chi connectivity index (χ0v) is 27.5. The third kappa shape index (κ3) is 7.59. The number of rotatable bonds is 12. The highest BCUT2D eigenvalue weighted by Crippen LogP contribution is 2.40. The summed E-state index contributed by atoms with van der Waals surface area (Å²) in [4.78, 5) is 30.4. The fraction of sp³-hybridized carbons (Fsp3) is 0.581. The number of anilines is 1. The second-order valence-corrected chi connectivity index (χ2v) is 18.7. The smallest absolute Gasteiger partial charge is 0.267 e. The van der Waals surface area contributed by atoms with Crippen LogP contribution in [-0.2, 0) is 22.8 Å². The van der Waals surface area contributed by atoms with E-state index in [-0.39, 0.29) is 23.3 Å². The van der Waals surface area contributed by atoms with Gasteiger partial charge in [-0.3, -0.25) is 14.3 Å². The molecule has 3 aromatic rings. The van der Waals surface area contributed by atoms with Crippen molar-refractivity contribution < 1.29 is 18.7 Å². The van der Waals surface area contributed by atoms with Crippen LogP contribution in [0.5, 0.6) is 0 Å². The lowest BCUT2D eigenvalue weighted by Crippen LogP contribution is -2.32. The van der Waals surface area contributed by atoms with Crippen molar-refractivity contribution in [2.75, 3.05) is 11.9 Å². The number of nitrogens with one attached hydrogen (secondary N) is 1. The van der Waals surface area contributed by atoms with Crippen LogP contribution in [0.2, 0.25) is 25.7 Å². The molecule has 3 heterocycles. The van der Waals surface area contributed by atoms with E-state index in [9.17, 15) is 9.59 Å². The number of pyridine rings is 1. The Morgan fingerprint density at radius 3 is 2.47 bits per heavy atom. The Hall–Kier alpha value is -3.38. The van der Waals surface area contributed by atoms with E-state index in [1.807, 2.05) is 20.8 Å². The summed E-state index contributed by atoms with van der Waals surface area (Å²) in [6.45, 7) is 16.1. The summed E-state index contributed by atoms with van der Waals surface area (Å²) in [5.41, 5.74) is 8.90. The molecule has 1 aliphatic carbocycles. The molecule has 0 aromatic carbocycles. The maximum atomic E-state index is 15.5. The van der Waals surface area contributed by atoms with Gasteiger partial charge in [0.15, 0.2) is 0 Å². The summed E-state index contributed by atoms with van der Waals surface area (Å²) in [7, 11) is -1.21. The third-order valence-corrected chi connectivity index (χ3v) is 10.2. The molecule has 43 heavy (non-hydrogen) atoms. The summed E-state index contributed by atoms with van der Waals surface area (Å²) >= 11 is 0. The predicted molar refractivity (Wildman–Crippen MR) is 168 cm³/mol. The molecule has 3 N–H and O–H groups in total. The number of primary amides is 1. The van der Waals surface area contributed by atoms with Gasteiger partial charge in [-0.15, -0.1) is 0 Å². The molecule has 1 unspecified atom stereocenters. The highest BCUT2D eigenvalue weighted by atomic mass is 28.3. The molecule has 0 radical (unpaired) electrons. The highest BCUT2D eigenvalue weighted by molar-refractivity contribution is 6.76. The van der Waals surface area contributed by atoms with Crippen molar-refractivity contribution in [2.45, 2.75) is 98.3 Å². The average Bonchev–Trinajstić information content (AvgIpc) is 3.48. The van der Waals surface area contributed by atoms with Gasteiger partial charge in [-0.1, -0.05) is 39.4 Å². The SMILES string of the molecule is CCn1ncc(C(C(=O)Nc2ccc(-c3c(C)nn(COCC[Si](C)(C)C)c3C)c(F)n2)C2CCC(C)CC2)c1C(N)=O. The molecule has 4 rings (SSSR count). The molecule has 1 fully saturated rings. The molecule has 0 bridgehead atoms. The second-order valence-electron chi connectivity index (χ2n) is 13.0. The molecule has 0 aliphatic heterocycles. The normalized spacial score (nSPS) is 18.0. The highest BCUT2D eigenvalue weighted by Gasteiger charge is 2.36. The third-order valence-electron chi connectivity index (χ3n) is 8.51. The van der Waals surface area contributed by atoms with Crippen molar-refractivity contribution in [2.24, 2.45) is 17.6 Å². The molecular weight excluding hydrogens is 565 g/mol. The number of hydrogen-bond donors (Lipinski definition) is 2. The van der Waals surface area contributed by atoms with E-state index in [0.717, 1.165) is 37.4 Å². The quantitative estimate of drug-likeness (QED) is 0.150. The van der Waals surface area contributed by atoms with Gasteiger partial charge in [0.2, 0.25) is 11.9 Å². The Kier molecular flexibility index (Phi) is 10.2. The van der Waals surface area contributed by atoms with Crippen molar-refractivity contribution in [3.05, 3.63) is 46.9 Å². The van der Waals surface area contributed by atoms with Crippen LogP contribution in [0.3, 0.4) is 0 Å². The number of carbonyl (C=O) groups is 2. The van der Waals surface area contributed by atoms with Crippen LogP contribution in [0.25, 0.3) is 11.1 Å². The van der Waals surface area contributed by atoms with E-state index in [1.54, 1.807) is 23.0 Å². The van der Waals surface area contributed by atoms with Gasteiger partial charge < -0.3 is 15.8 Å². The Morgan fingerprint density at radius 2 is 1.86 bits per heavy atom. The Labute approximate surface area is 254 Å². The summed E-state index contributed by atoms with van der Waals surface area (Å²) in [6, 6.07) is 4.27. The standard InChI is InChI=1S/C31H46FN7O3Si/c1-8-38-28(30(33)40)24(17-34-38)27(22-11-9-19(2)10-12-22)31(41)36-25-14-13-23(29(32)35-25)26-20(3)37-39(21(26)4)18-42-15-16-43(5,6)7/h13-14,17,19,22,27H,8-12,15-16,18H2,1-7H3,(H2,33,40)(H,35,36,41). The number of aryl methyl sites for hydroxylation is 2. The van der Waals surface area contributed by atoms with E-state index in [4.69, 9.17) is 10.5 Å². The van der Waals surface area contributed by atoms with Crippen molar-refractivity contribution in [3.63, 3.8) is 0 Å². The van der Waals surface area contributed by atoms with E-state index in [2.05, 4.69) is 47.1 Å². The number of hydrogen-bond acceptors (Lipinski definition) is 6. The molecule has 234 valence electrons. The average molecular weight is 612 g/mol. The van der Waals surface area contributed by atoms with Gasteiger partial charge in [-0.2, -0.15) is 14.6 Å². The summed E-state index contributed by atoms with van der Waals surface area (Å²) in [6.07, 6.45) is 5.21. The predicted octanol–water partition coefficient (Wildman–Crippen LogP) is 5.88. The lowest BCUT2D eigenvalue weighted by Gasteiger charge is -2.32. The van der Waals surface area contributed by atoms with Gasteiger partial charge in [0.25, 0.3) is 5.91 Å². The Morgan fingerprint density at radius 1 is 1.16 bits per heavy atom. The van der Waals surface area contributed by atoms with Crippen LogP contribution in [0.4, 0.5) is 10.2 Å². The number of ether oxygens (including phenoxy) is 1. The van der Waals surface area contributed by atoms with Crippen LogP contribution >= 0.6 is 0 Å². The van der Waals surface area contributed by atoms with Crippen molar-refractivity contribution in [1.29, 1.82) is 0 Å². The first-order valence-electron chi connectivity index (χ1n) is 15.3. The van der Waals surface area contributed by atoms with Gasteiger partial charge >= 0.3 is 0 Å². The first-order chi connectivity index (χ1) is 20.3. The van der Waals surface area contributed by atoms with Crippen molar-refractivity contribution >= 4 is 25.7 Å². The number of aromatic nitrogens is 5. The Bertz CT molecular complexity index is 1450. The number of nitrogens with two attached hydrogens (primary N) is 1. The molecule has 3 aromatic heterocycles. The Balaban J connectivity index is 1.57. The molecular formula is C31H46FN7O3Si. The largest absolute Gasteiger partial charge is 0.364 e. The van der Waals surface area contributed by atoms with Gasteiger partial charge in [0, 0.05) is 43.6 Å². The molecule has 0 saturated heterocycles. The summed E-state index contributed by atoms with van der Waals surface area (Å²) in [5, 5.41) is 11.7. The van der Waals surface area contributed by atoms with Crippen LogP contribution in [0.1, 0.15) is 72.9 Å². The molecule has 12 heteroatoms. The van der Waals surface area contributed by atoms with Crippen LogP contribution in [0, 0.1) is 31.6 Å². The molecule has 1 atom stereocenters. The van der Waals surface area contributed by atoms with Gasteiger partial charge in [0.05, 0.1) is 17.8 Å². The van der Waals surface area contributed by atoms with Crippen molar-refractivity contribution in [1.82, 2.24) is 24.5 Å². The topological polar surface area (TPSA) is 130 Å². The lowest BCUT2D eigenvalue weighted by molar-refractivity contribution is -0.119. The van der Waals surface area contributed by atoms with Crippen LogP contribution in [-0.4, -0.2) is 51.0 Å². The number of carbonyl (C=O) groups excluding carboxylic acids is 2. The molecule has 2 amide bonds. The monoisotopic (exact) mass is 611 g/mol. The summed E-state index contributed by atoms with van der Waals surface area (Å²) in [5.74, 6) is -1.68. The number of amides is 2. The van der Waals surface area contributed by atoms with Crippen molar-refractivity contribution in [3.8, 4) is 11.1 Å². The van der Waals surface area contributed by atoms with E-state index in [1.165, 1.54) is 4.68 Å². The van der Waals surface area contributed by atoms with Gasteiger partial charge in [0.1, 0.15) is 18.2 Å². The zero-order valence-electron chi connectivity index (χ0n) is 26.5. The van der Waals surface area contributed by atoms with Crippen LogP contribution in [0.15, 0.2) is 18.3 Å². The minimum Gasteiger partial charge on any atom is -0.364 e. The molecule has 1 saturated carbocycles.